The molecule has 0 bridgehead atoms. The van der Waals surface area contributed by atoms with E-state index in [1.54, 1.807) is 19.5 Å². The van der Waals surface area contributed by atoms with Crippen LogP contribution in [-0.4, -0.2) is 18.3 Å². The van der Waals surface area contributed by atoms with E-state index in [0.29, 0.717) is 0 Å². The summed E-state index contributed by atoms with van der Waals surface area (Å²) < 4.78 is 5.13. The molecule has 1 aromatic carbocycles. The van der Waals surface area contributed by atoms with Gasteiger partial charge in [0.25, 0.3) is 0 Å². The number of aliphatic imine (C=N–C) groups is 1. The number of aromatic nitrogens is 1. The predicted molar refractivity (Wildman–Crippen MR) is 73.2 cm³/mol. The molecule has 1 atom stereocenters. The minimum absolute atomic E-state index is 0.109. The van der Waals surface area contributed by atoms with Crippen molar-refractivity contribution in [1.29, 1.82) is 0 Å². The van der Waals surface area contributed by atoms with Gasteiger partial charge in [0.05, 0.1) is 18.8 Å². The molecule has 0 saturated carbocycles. The fourth-order valence-electron chi connectivity index (χ4n) is 1.61. The topological polar surface area (TPSA) is 34.5 Å². The Morgan fingerprint density at radius 1 is 1.17 bits per heavy atom. The van der Waals surface area contributed by atoms with Crippen LogP contribution in [0, 0.1) is 0 Å². The molecule has 1 heterocycles. The maximum Gasteiger partial charge on any atom is 0.118 e. The molecule has 0 radical (unpaired) electrons. The average Bonchev–Trinajstić information content (AvgIpc) is 2.46. The van der Waals surface area contributed by atoms with Crippen molar-refractivity contribution in [3.63, 3.8) is 0 Å². The van der Waals surface area contributed by atoms with Gasteiger partial charge in [-0.05, 0) is 36.8 Å². The van der Waals surface area contributed by atoms with E-state index in [4.69, 9.17) is 4.74 Å². The summed E-state index contributed by atoms with van der Waals surface area (Å²) >= 11 is 0. The molecule has 0 aliphatic heterocycles. The van der Waals surface area contributed by atoms with Crippen LogP contribution in [0.2, 0.25) is 0 Å². The van der Waals surface area contributed by atoms with E-state index in [1.165, 1.54) is 0 Å². The molecule has 92 valence electrons. The number of nitrogens with zero attached hydrogens (tertiary/aromatic N) is 2. The third kappa shape index (κ3) is 3.17. The van der Waals surface area contributed by atoms with Crippen molar-refractivity contribution in [2.24, 2.45) is 4.99 Å². The zero-order valence-electron chi connectivity index (χ0n) is 10.6. The van der Waals surface area contributed by atoms with Gasteiger partial charge in [-0.1, -0.05) is 18.2 Å². The molecular formula is C15H16N2O. The molecule has 0 aliphatic rings. The third-order valence-corrected chi connectivity index (χ3v) is 2.72. The quantitative estimate of drug-likeness (QED) is 0.769. The van der Waals surface area contributed by atoms with Crippen LogP contribution in [0.3, 0.4) is 0 Å². The van der Waals surface area contributed by atoms with Gasteiger partial charge < -0.3 is 4.74 Å². The van der Waals surface area contributed by atoms with Gasteiger partial charge in [0, 0.05) is 12.4 Å². The van der Waals surface area contributed by atoms with Crippen molar-refractivity contribution < 1.29 is 4.74 Å². The van der Waals surface area contributed by atoms with Gasteiger partial charge >= 0.3 is 0 Å². The lowest BCUT2D eigenvalue weighted by Gasteiger charge is -2.07. The molecule has 18 heavy (non-hydrogen) atoms. The number of ether oxygens (including phenoxy) is 1. The van der Waals surface area contributed by atoms with Gasteiger partial charge in [-0.3, -0.25) is 9.98 Å². The minimum Gasteiger partial charge on any atom is -0.497 e. The number of hydrogen-bond donors (Lipinski definition) is 0. The third-order valence-electron chi connectivity index (χ3n) is 2.72. The Kier molecular flexibility index (Phi) is 4.07. The highest BCUT2D eigenvalue weighted by Crippen LogP contribution is 2.19. The van der Waals surface area contributed by atoms with Crippen LogP contribution < -0.4 is 4.74 Å². The summed E-state index contributed by atoms with van der Waals surface area (Å²) in [6, 6.07) is 13.8. The maximum absolute atomic E-state index is 5.13. The van der Waals surface area contributed by atoms with Crippen LogP contribution in [0.1, 0.15) is 24.2 Å². The van der Waals surface area contributed by atoms with Crippen molar-refractivity contribution in [3.05, 3.63) is 59.9 Å². The Labute approximate surface area is 107 Å². The second-order valence-corrected chi connectivity index (χ2v) is 3.98. The highest BCUT2D eigenvalue weighted by Gasteiger charge is 2.02. The molecule has 0 saturated heterocycles. The summed E-state index contributed by atoms with van der Waals surface area (Å²) in [6.45, 7) is 2.06. The van der Waals surface area contributed by atoms with Crippen molar-refractivity contribution in [2.45, 2.75) is 13.0 Å². The molecule has 0 aliphatic carbocycles. The van der Waals surface area contributed by atoms with E-state index in [9.17, 15) is 0 Å². The molecule has 0 spiro atoms. The SMILES string of the molecule is COc1ccc([C@H](C)N=Cc2ccccn2)cc1. The standard InChI is InChI=1S/C15H16N2O/c1-12(13-6-8-15(18-2)9-7-13)17-11-14-5-3-4-10-16-14/h3-12H,1-2H3/t12-/m0/s1. The number of rotatable bonds is 4. The average molecular weight is 240 g/mol. The molecule has 1 aromatic heterocycles. The minimum atomic E-state index is 0.109. The Balaban J connectivity index is 2.07. The Morgan fingerprint density at radius 3 is 2.56 bits per heavy atom. The van der Waals surface area contributed by atoms with Crippen molar-refractivity contribution in [2.75, 3.05) is 7.11 Å². The van der Waals surface area contributed by atoms with E-state index in [0.717, 1.165) is 17.0 Å². The Bertz CT molecular complexity index is 506. The van der Waals surface area contributed by atoms with Crippen LogP contribution in [0.25, 0.3) is 0 Å². The first-order chi connectivity index (χ1) is 8.79. The summed E-state index contributed by atoms with van der Waals surface area (Å²) in [6.07, 6.45) is 3.56. The van der Waals surface area contributed by atoms with Crippen LogP contribution in [0.15, 0.2) is 53.7 Å². The van der Waals surface area contributed by atoms with Gasteiger partial charge in [0.1, 0.15) is 5.75 Å². The maximum atomic E-state index is 5.13. The lowest BCUT2D eigenvalue weighted by molar-refractivity contribution is 0.414. The monoisotopic (exact) mass is 240 g/mol. The van der Waals surface area contributed by atoms with Crippen LogP contribution in [-0.2, 0) is 0 Å². The van der Waals surface area contributed by atoms with Crippen LogP contribution >= 0.6 is 0 Å². The van der Waals surface area contributed by atoms with E-state index >= 15 is 0 Å². The molecule has 0 amide bonds. The van der Waals surface area contributed by atoms with Crippen molar-refractivity contribution in [1.82, 2.24) is 4.98 Å². The highest BCUT2D eigenvalue weighted by atomic mass is 16.5. The molecule has 0 unspecified atom stereocenters. The molecule has 0 N–H and O–H groups in total. The summed E-state index contributed by atoms with van der Waals surface area (Å²) in [4.78, 5) is 8.69. The van der Waals surface area contributed by atoms with E-state index in [2.05, 4.69) is 16.9 Å². The van der Waals surface area contributed by atoms with Crippen molar-refractivity contribution >= 4 is 6.21 Å². The van der Waals surface area contributed by atoms with Gasteiger partial charge in [0.2, 0.25) is 0 Å². The van der Waals surface area contributed by atoms with Gasteiger partial charge in [0.15, 0.2) is 0 Å². The molecule has 3 nitrogen and oxygen atoms in total. The number of methoxy groups -OCH3 is 1. The zero-order valence-corrected chi connectivity index (χ0v) is 10.6. The van der Waals surface area contributed by atoms with E-state index in [1.807, 2.05) is 42.5 Å². The smallest absolute Gasteiger partial charge is 0.118 e. The first-order valence-electron chi connectivity index (χ1n) is 5.88. The van der Waals surface area contributed by atoms with E-state index < -0.39 is 0 Å². The normalized spacial score (nSPS) is 12.6. The van der Waals surface area contributed by atoms with Crippen LogP contribution in [0.5, 0.6) is 5.75 Å². The Morgan fingerprint density at radius 2 is 1.94 bits per heavy atom. The van der Waals surface area contributed by atoms with Gasteiger partial charge in [-0.2, -0.15) is 0 Å². The number of pyridine rings is 1. The number of benzene rings is 1. The Hall–Kier alpha value is -2.16. The first kappa shape index (κ1) is 12.3. The zero-order chi connectivity index (χ0) is 12.8. The summed E-state index contributed by atoms with van der Waals surface area (Å²) in [5.74, 6) is 0.861. The number of hydrogen-bond acceptors (Lipinski definition) is 3. The van der Waals surface area contributed by atoms with Crippen molar-refractivity contribution in [3.8, 4) is 5.75 Å². The molecule has 2 rings (SSSR count). The second-order valence-electron chi connectivity index (χ2n) is 3.98. The van der Waals surface area contributed by atoms with Crippen LogP contribution in [0.4, 0.5) is 0 Å². The summed E-state index contributed by atoms with van der Waals surface area (Å²) in [7, 11) is 1.66. The predicted octanol–water partition coefficient (Wildman–Crippen LogP) is 3.27. The molecule has 2 aromatic rings. The fraction of sp³-hybridized carbons (Fsp3) is 0.200. The second kappa shape index (κ2) is 5.96. The van der Waals surface area contributed by atoms with E-state index in [-0.39, 0.29) is 6.04 Å². The lowest BCUT2D eigenvalue weighted by atomic mass is 10.1. The molecular weight excluding hydrogens is 224 g/mol. The fourth-order valence-corrected chi connectivity index (χ4v) is 1.61. The molecule has 0 fully saturated rings. The summed E-state index contributed by atoms with van der Waals surface area (Å²) in [5.41, 5.74) is 2.03. The summed E-state index contributed by atoms with van der Waals surface area (Å²) in [5, 5.41) is 0. The lowest BCUT2D eigenvalue weighted by Crippen LogP contribution is -1.93. The largest absolute Gasteiger partial charge is 0.497 e. The first-order valence-corrected chi connectivity index (χ1v) is 5.88. The highest BCUT2D eigenvalue weighted by molar-refractivity contribution is 5.76. The molecule has 3 heteroatoms. The van der Waals surface area contributed by atoms with Gasteiger partial charge in [-0.15, -0.1) is 0 Å². The van der Waals surface area contributed by atoms with Gasteiger partial charge in [-0.25, -0.2) is 0 Å².